The zero-order chi connectivity index (χ0) is 11.5. The first-order chi connectivity index (χ1) is 7.66. The summed E-state index contributed by atoms with van der Waals surface area (Å²) in [4.78, 5) is 10.7. The van der Waals surface area contributed by atoms with E-state index in [1.807, 2.05) is 24.8 Å². The third kappa shape index (κ3) is 2.59. The lowest BCUT2D eigenvalue weighted by Crippen LogP contribution is -2.17. The maximum absolute atomic E-state index is 4.38. The summed E-state index contributed by atoms with van der Waals surface area (Å²) >= 11 is 5.11. The molecule has 0 aliphatic rings. The number of rotatable bonds is 3. The van der Waals surface area contributed by atoms with Gasteiger partial charge in [0.05, 0.1) is 6.54 Å². The molecular formula is C11H12BrN3S. The quantitative estimate of drug-likeness (QED) is 0.871. The topological polar surface area (TPSA) is 29.0 Å². The fraction of sp³-hybridized carbons (Fsp3) is 0.273. The predicted octanol–water partition coefficient (Wildman–Crippen LogP) is 3.25. The lowest BCUT2D eigenvalue weighted by molar-refractivity contribution is 0.885. The third-order valence-electron chi connectivity index (χ3n) is 2.28. The maximum Gasteiger partial charge on any atom is 0.128 e. The molecule has 0 radical (unpaired) electrons. The van der Waals surface area contributed by atoms with Gasteiger partial charge in [0, 0.05) is 29.3 Å². The van der Waals surface area contributed by atoms with Crippen LogP contribution in [0.15, 0.2) is 28.3 Å². The summed E-state index contributed by atoms with van der Waals surface area (Å²) in [5, 5.41) is 3.09. The van der Waals surface area contributed by atoms with Gasteiger partial charge in [-0.2, -0.15) is 0 Å². The van der Waals surface area contributed by atoms with Crippen molar-refractivity contribution in [3.05, 3.63) is 38.9 Å². The molecular weight excluding hydrogens is 286 g/mol. The van der Waals surface area contributed by atoms with Gasteiger partial charge in [0.1, 0.15) is 10.8 Å². The van der Waals surface area contributed by atoms with Gasteiger partial charge < -0.3 is 4.90 Å². The minimum atomic E-state index is 0.797. The Morgan fingerprint density at radius 3 is 2.88 bits per heavy atom. The predicted molar refractivity (Wildman–Crippen MR) is 70.9 cm³/mol. The van der Waals surface area contributed by atoms with E-state index in [0.29, 0.717) is 0 Å². The number of aromatic nitrogens is 2. The van der Waals surface area contributed by atoms with Crippen LogP contribution in [0.3, 0.4) is 0 Å². The Balaban J connectivity index is 2.14. The zero-order valence-corrected chi connectivity index (χ0v) is 11.5. The van der Waals surface area contributed by atoms with Gasteiger partial charge in [-0.05, 0) is 34.5 Å². The van der Waals surface area contributed by atoms with Crippen molar-refractivity contribution in [2.75, 3.05) is 11.9 Å². The Hall–Kier alpha value is -0.940. The number of nitrogens with zero attached hydrogens (tertiary/aromatic N) is 3. The summed E-state index contributed by atoms with van der Waals surface area (Å²) in [6.45, 7) is 2.86. The fourth-order valence-corrected chi connectivity index (χ4v) is 2.23. The summed E-state index contributed by atoms with van der Waals surface area (Å²) in [6.07, 6.45) is 3.66. The van der Waals surface area contributed by atoms with E-state index in [1.54, 1.807) is 11.3 Å². The van der Waals surface area contributed by atoms with Crippen LogP contribution in [0.1, 0.15) is 10.6 Å². The second-order valence-corrected chi connectivity index (χ2v) is 5.41. The van der Waals surface area contributed by atoms with Gasteiger partial charge in [-0.3, -0.25) is 0 Å². The van der Waals surface area contributed by atoms with E-state index in [0.717, 1.165) is 21.8 Å². The average molecular weight is 298 g/mol. The van der Waals surface area contributed by atoms with E-state index >= 15 is 0 Å². The van der Waals surface area contributed by atoms with Crippen LogP contribution in [-0.2, 0) is 6.54 Å². The summed E-state index contributed by atoms with van der Waals surface area (Å²) < 4.78 is 1.04. The number of aryl methyl sites for hydroxylation is 1. The summed E-state index contributed by atoms with van der Waals surface area (Å²) in [5.41, 5.74) is 1.19. The number of thiazole rings is 1. The van der Waals surface area contributed by atoms with E-state index < -0.39 is 0 Å². The minimum absolute atomic E-state index is 0.797. The Kier molecular flexibility index (Phi) is 3.56. The highest BCUT2D eigenvalue weighted by Crippen LogP contribution is 2.20. The molecule has 2 heterocycles. The van der Waals surface area contributed by atoms with E-state index in [4.69, 9.17) is 0 Å². The van der Waals surface area contributed by atoms with Gasteiger partial charge in [0.2, 0.25) is 0 Å². The smallest absolute Gasteiger partial charge is 0.128 e. The van der Waals surface area contributed by atoms with E-state index in [9.17, 15) is 0 Å². The number of pyridine rings is 1. The van der Waals surface area contributed by atoms with Crippen molar-refractivity contribution in [2.24, 2.45) is 0 Å². The molecule has 2 aromatic heterocycles. The van der Waals surface area contributed by atoms with Crippen molar-refractivity contribution in [3.8, 4) is 0 Å². The first-order valence-corrected chi connectivity index (χ1v) is 6.56. The third-order valence-corrected chi connectivity index (χ3v) is 3.87. The Morgan fingerprint density at radius 1 is 1.44 bits per heavy atom. The standard InChI is InChI=1S/C11H12BrN3S/c1-8-5-10(14-6-9(8)12)15(2)7-11-13-3-4-16-11/h3-6H,7H2,1-2H3. The van der Waals surface area contributed by atoms with Crippen molar-refractivity contribution in [1.29, 1.82) is 0 Å². The highest BCUT2D eigenvalue weighted by atomic mass is 79.9. The van der Waals surface area contributed by atoms with Crippen LogP contribution in [0.25, 0.3) is 0 Å². The summed E-state index contributed by atoms with van der Waals surface area (Å²) in [6, 6.07) is 2.07. The molecule has 0 unspecified atom stereocenters. The first-order valence-electron chi connectivity index (χ1n) is 4.88. The molecule has 0 atom stereocenters. The molecule has 3 nitrogen and oxygen atoms in total. The van der Waals surface area contributed by atoms with Crippen LogP contribution >= 0.6 is 27.3 Å². The highest BCUT2D eigenvalue weighted by Gasteiger charge is 2.06. The van der Waals surface area contributed by atoms with Gasteiger partial charge >= 0.3 is 0 Å². The molecule has 2 rings (SSSR count). The largest absolute Gasteiger partial charge is 0.353 e. The molecule has 0 aromatic carbocycles. The van der Waals surface area contributed by atoms with Crippen LogP contribution in [0.5, 0.6) is 0 Å². The van der Waals surface area contributed by atoms with E-state index in [-0.39, 0.29) is 0 Å². The number of hydrogen-bond donors (Lipinski definition) is 0. The molecule has 2 aromatic rings. The molecule has 84 valence electrons. The molecule has 16 heavy (non-hydrogen) atoms. The average Bonchev–Trinajstić information content (AvgIpc) is 2.74. The van der Waals surface area contributed by atoms with Crippen LogP contribution in [0.2, 0.25) is 0 Å². The van der Waals surface area contributed by atoms with Crippen molar-refractivity contribution >= 4 is 33.1 Å². The van der Waals surface area contributed by atoms with Crippen LogP contribution < -0.4 is 4.90 Å². The van der Waals surface area contributed by atoms with Crippen molar-refractivity contribution in [1.82, 2.24) is 9.97 Å². The van der Waals surface area contributed by atoms with Crippen molar-refractivity contribution < 1.29 is 0 Å². The van der Waals surface area contributed by atoms with Gasteiger partial charge in [-0.1, -0.05) is 0 Å². The number of hydrogen-bond acceptors (Lipinski definition) is 4. The molecule has 5 heteroatoms. The van der Waals surface area contributed by atoms with Crippen LogP contribution in [0, 0.1) is 6.92 Å². The van der Waals surface area contributed by atoms with Gasteiger partial charge in [0.25, 0.3) is 0 Å². The lowest BCUT2D eigenvalue weighted by Gasteiger charge is -2.17. The molecule has 0 saturated heterocycles. The van der Waals surface area contributed by atoms with E-state index in [1.165, 1.54) is 5.56 Å². The molecule has 0 aliphatic carbocycles. The molecule has 0 saturated carbocycles. The van der Waals surface area contributed by atoms with Gasteiger partial charge in [-0.25, -0.2) is 9.97 Å². The SMILES string of the molecule is Cc1cc(N(C)Cc2nccs2)ncc1Br. The summed E-state index contributed by atoms with van der Waals surface area (Å²) in [7, 11) is 2.02. The Bertz CT molecular complexity index is 470. The number of halogens is 1. The maximum atomic E-state index is 4.38. The lowest BCUT2D eigenvalue weighted by atomic mass is 10.3. The molecule has 0 N–H and O–H groups in total. The van der Waals surface area contributed by atoms with E-state index in [2.05, 4.69) is 43.8 Å². The Morgan fingerprint density at radius 2 is 2.25 bits per heavy atom. The Labute approximate surface area is 107 Å². The molecule has 0 fully saturated rings. The molecule has 0 aliphatic heterocycles. The number of anilines is 1. The van der Waals surface area contributed by atoms with Crippen molar-refractivity contribution in [2.45, 2.75) is 13.5 Å². The molecule has 0 bridgehead atoms. The monoisotopic (exact) mass is 297 g/mol. The van der Waals surface area contributed by atoms with Crippen LogP contribution in [0.4, 0.5) is 5.82 Å². The van der Waals surface area contributed by atoms with Crippen molar-refractivity contribution in [3.63, 3.8) is 0 Å². The van der Waals surface area contributed by atoms with Gasteiger partial charge in [-0.15, -0.1) is 11.3 Å². The summed E-state index contributed by atoms with van der Waals surface area (Å²) in [5.74, 6) is 0.968. The molecule has 0 spiro atoms. The fourth-order valence-electron chi connectivity index (χ4n) is 1.35. The highest BCUT2D eigenvalue weighted by molar-refractivity contribution is 9.10. The minimum Gasteiger partial charge on any atom is -0.353 e. The van der Waals surface area contributed by atoms with Gasteiger partial charge in [0.15, 0.2) is 0 Å². The second kappa shape index (κ2) is 4.93. The van der Waals surface area contributed by atoms with Crippen LogP contribution in [-0.4, -0.2) is 17.0 Å². The zero-order valence-electron chi connectivity index (χ0n) is 9.14. The first kappa shape index (κ1) is 11.5. The second-order valence-electron chi connectivity index (χ2n) is 3.57. The normalized spacial score (nSPS) is 10.4. The molecule has 0 amide bonds.